The Balaban J connectivity index is 1.67. The number of nitrogens with one attached hydrogen (secondary N) is 1. The second kappa shape index (κ2) is 7.23. The summed E-state index contributed by atoms with van der Waals surface area (Å²) < 4.78 is 7.58. The molecule has 2 fully saturated rings. The zero-order valence-electron chi connectivity index (χ0n) is 15.1. The molecule has 1 saturated carbocycles. The van der Waals surface area contributed by atoms with Crippen LogP contribution in [0.4, 0.5) is 0 Å². The fourth-order valence-electron chi connectivity index (χ4n) is 3.83. The Morgan fingerprint density at radius 3 is 2.88 bits per heavy atom. The predicted octanol–water partition coefficient (Wildman–Crippen LogP) is 1.71. The first-order valence-electron chi connectivity index (χ1n) is 9.10. The zero-order chi connectivity index (χ0) is 17.2. The minimum Gasteiger partial charge on any atom is -0.378 e. The summed E-state index contributed by atoms with van der Waals surface area (Å²) in [5.74, 6) is 1.14. The van der Waals surface area contributed by atoms with Crippen LogP contribution in [-0.4, -0.2) is 52.2 Å². The van der Waals surface area contributed by atoms with Gasteiger partial charge in [0, 0.05) is 25.5 Å². The molecule has 1 aromatic rings. The van der Waals surface area contributed by atoms with Gasteiger partial charge in [0.15, 0.2) is 0 Å². The molecule has 0 radical (unpaired) electrons. The van der Waals surface area contributed by atoms with Crippen molar-refractivity contribution in [3.8, 4) is 0 Å². The van der Waals surface area contributed by atoms with Crippen LogP contribution in [0.2, 0.25) is 0 Å². The van der Waals surface area contributed by atoms with Crippen molar-refractivity contribution in [2.45, 2.75) is 58.2 Å². The van der Waals surface area contributed by atoms with Crippen LogP contribution in [0.15, 0.2) is 12.4 Å². The highest BCUT2D eigenvalue weighted by Gasteiger charge is 2.57. The van der Waals surface area contributed by atoms with Gasteiger partial charge in [0.25, 0.3) is 0 Å². The average molecular weight is 334 g/mol. The molecule has 6 nitrogen and oxygen atoms in total. The third-order valence-corrected chi connectivity index (χ3v) is 5.44. The van der Waals surface area contributed by atoms with Gasteiger partial charge in [-0.25, -0.2) is 4.98 Å². The topological polar surface area (TPSA) is 59.4 Å². The summed E-state index contributed by atoms with van der Waals surface area (Å²) in [5.41, 5.74) is 0.338. The quantitative estimate of drug-likeness (QED) is 0.825. The molecule has 2 aliphatic rings. The Bertz CT molecular complexity index is 563. The second-order valence-corrected chi connectivity index (χ2v) is 7.48. The molecule has 1 aliphatic heterocycles. The summed E-state index contributed by atoms with van der Waals surface area (Å²) in [6.07, 6.45) is 7.83. The first-order chi connectivity index (χ1) is 11.5. The van der Waals surface area contributed by atoms with Gasteiger partial charge in [-0.2, -0.15) is 0 Å². The van der Waals surface area contributed by atoms with Gasteiger partial charge in [0.1, 0.15) is 5.82 Å². The molecule has 1 amide bonds. The fraction of sp³-hybridized carbons (Fsp3) is 0.778. The van der Waals surface area contributed by atoms with Gasteiger partial charge in [-0.1, -0.05) is 0 Å². The Morgan fingerprint density at radius 1 is 1.50 bits per heavy atom. The number of aryl methyl sites for hydroxylation is 1. The van der Waals surface area contributed by atoms with Crippen LogP contribution in [0.5, 0.6) is 0 Å². The highest BCUT2D eigenvalue weighted by molar-refractivity contribution is 5.77. The number of ether oxygens (including phenoxy) is 1. The fourth-order valence-corrected chi connectivity index (χ4v) is 3.83. The van der Waals surface area contributed by atoms with Crippen LogP contribution in [0.1, 0.15) is 45.4 Å². The molecular weight excluding hydrogens is 304 g/mol. The minimum absolute atomic E-state index is 0.164. The SMILES string of the molecule is CC(C)OCCC(=O)N(Cc1nccn1C)[C@@H]1CC12CCNCC2. The Kier molecular flexibility index (Phi) is 5.25. The van der Waals surface area contributed by atoms with Crippen molar-refractivity contribution in [1.82, 2.24) is 19.8 Å². The number of carbonyl (C=O) groups excluding carboxylic acids is 1. The predicted molar refractivity (Wildman–Crippen MR) is 92.4 cm³/mol. The van der Waals surface area contributed by atoms with Crippen LogP contribution < -0.4 is 5.32 Å². The van der Waals surface area contributed by atoms with Crippen LogP contribution in [0.25, 0.3) is 0 Å². The molecular formula is C18H30N4O2. The van der Waals surface area contributed by atoms with Gasteiger partial charge < -0.3 is 19.5 Å². The Morgan fingerprint density at radius 2 is 2.25 bits per heavy atom. The van der Waals surface area contributed by atoms with Crippen molar-refractivity contribution < 1.29 is 9.53 Å². The van der Waals surface area contributed by atoms with Gasteiger partial charge >= 0.3 is 0 Å². The average Bonchev–Trinajstić information content (AvgIpc) is 3.05. The maximum atomic E-state index is 12.9. The summed E-state index contributed by atoms with van der Waals surface area (Å²) in [6.45, 7) is 7.23. The van der Waals surface area contributed by atoms with E-state index >= 15 is 0 Å². The summed E-state index contributed by atoms with van der Waals surface area (Å²) in [5, 5.41) is 3.43. The van der Waals surface area contributed by atoms with E-state index in [-0.39, 0.29) is 12.0 Å². The minimum atomic E-state index is 0.164. The van der Waals surface area contributed by atoms with E-state index in [1.165, 1.54) is 12.8 Å². The first-order valence-corrected chi connectivity index (χ1v) is 9.10. The molecule has 24 heavy (non-hydrogen) atoms. The number of aromatic nitrogens is 2. The first kappa shape index (κ1) is 17.4. The van der Waals surface area contributed by atoms with Crippen molar-refractivity contribution in [3.63, 3.8) is 0 Å². The summed E-state index contributed by atoms with van der Waals surface area (Å²) in [6, 6.07) is 0.364. The molecule has 1 aromatic heterocycles. The summed E-state index contributed by atoms with van der Waals surface area (Å²) >= 11 is 0. The van der Waals surface area contributed by atoms with E-state index in [4.69, 9.17) is 4.74 Å². The molecule has 1 aliphatic carbocycles. The maximum absolute atomic E-state index is 12.9. The number of nitrogens with zero attached hydrogens (tertiary/aromatic N) is 3. The molecule has 1 saturated heterocycles. The van der Waals surface area contributed by atoms with E-state index in [1.807, 2.05) is 31.7 Å². The molecule has 0 unspecified atom stereocenters. The van der Waals surface area contributed by atoms with Crippen LogP contribution in [0.3, 0.4) is 0 Å². The van der Waals surface area contributed by atoms with Crippen molar-refractivity contribution >= 4 is 5.91 Å². The molecule has 2 heterocycles. The lowest BCUT2D eigenvalue weighted by molar-refractivity contribution is -0.134. The van der Waals surface area contributed by atoms with Crippen molar-refractivity contribution in [1.29, 1.82) is 0 Å². The number of imidazole rings is 1. The number of hydrogen-bond acceptors (Lipinski definition) is 4. The molecule has 3 rings (SSSR count). The largest absolute Gasteiger partial charge is 0.378 e. The molecule has 0 bridgehead atoms. The number of carbonyl (C=O) groups is 1. The standard InChI is InChI=1S/C18H30N4O2/c1-14(2)24-11-4-17(23)22(13-16-20-9-10-21(16)3)15-12-18(15)5-7-19-8-6-18/h9-10,14-15,19H,4-8,11-13H2,1-3H3/t15-/m1/s1. The normalized spacial score (nSPS) is 22.1. The molecule has 1 atom stereocenters. The lowest BCUT2D eigenvalue weighted by Crippen LogP contribution is -2.40. The van der Waals surface area contributed by atoms with E-state index < -0.39 is 0 Å². The maximum Gasteiger partial charge on any atom is 0.225 e. The number of rotatable bonds is 7. The number of hydrogen-bond donors (Lipinski definition) is 1. The monoisotopic (exact) mass is 334 g/mol. The van der Waals surface area contributed by atoms with Crippen molar-refractivity contribution in [2.24, 2.45) is 12.5 Å². The second-order valence-electron chi connectivity index (χ2n) is 7.48. The lowest BCUT2D eigenvalue weighted by atomic mass is 9.93. The van der Waals surface area contributed by atoms with Crippen LogP contribution >= 0.6 is 0 Å². The zero-order valence-corrected chi connectivity index (χ0v) is 15.1. The van der Waals surface area contributed by atoms with E-state index in [9.17, 15) is 4.79 Å². The molecule has 134 valence electrons. The Hall–Kier alpha value is -1.40. The van der Waals surface area contributed by atoms with Crippen LogP contribution in [-0.2, 0) is 23.1 Å². The van der Waals surface area contributed by atoms with E-state index in [0.29, 0.717) is 31.0 Å². The molecule has 1 spiro atoms. The summed E-state index contributed by atoms with van der Waals surface area (Å²) in [4.78, 5) is 19.3. The lowest BCUT2D eigenvalue weighted by Gasteiger charge is -2.29. The van der Waals surface area contributed by atoms with Crippen molar-refractivity contribution in [3.05, 3.63) is 18.2 Å². The van der Waals surface area contributed by atoms with Gasteiger partial charge in [-0.05, 0) is 51.6 Å². The third-order valence-electron chi connectivity index (χ3n) is 5.44. The van der Waals surface area contributed by atoms with E-state index in [1.54, 1.807) is 6.20 Å². The van der Waals surface area contributed by atoms with Crippen molar-refractivity contribution in [2.75, 3.05) is 19.7 Å². The van der Waals surface area contributed by atoms with Crippen LogP contribution in [0, 0.1) is 5.41 Å². The van der Waals surface area contributed by atoms with E-state index in [0.717, 1.165) is 25.3 Å². The molecule has 0 aromatic carbocycles. The van der Waals surface area contributed by atoms with Gasteiger partial charge in [-0.3, -0.25) is 4.79 Å². The highest BCUT2D eigenvalue weighted by Crippen LogP contribution is 2.56. The van der Waals surface area contributed by atoms with Gasteiger partial charge in [0.2, 0.25) is 5.91 Å². The van der Waals surface area contributed by atoms with E-state index in [2.05, 4.69) is 15.2 Å². The van der Waals surface area contributed by atoms with Gasteiger partial charge in [0.05, 0.1) is 25.7 Å². The number of piperidine rings is 1. The smallest absolute Gasteiger partial charge is 0.225 e. The van der Waals surface area contributed by atoms with Gasteiger partial charge in [-0.15, -0.1) is 0 Å². The molecule has 6 heteroatoms. The highest BCUT2D eigenvalue weighted by atomic mass is 16.5. The number of amides is 1. The summed E-state index contributed by atoms with van der Waals surface area (Å²) in [7, 11) is 1.99. The Labute approximate surface area is 144 Å². The molecule has 1 N–H and O–H groups in total. The third kappa shape index (κ3) is 3.81.